The Kier molecular flexibility index (Phi) is 3.68. The molecule has 0 unspecified atom stereocenters. The Labute approximate surface area is 121 Å². The molecule has 3 rings (SSSR count). The van der Waals surface area contributed by atoms with E-state index >= 15 is 0 Å². The summed E-state index contributed by atoms with van der Waals surface area (Å²) in [4.78, 5) is 14.2. The van der Waals surface area contributed by atoms with Crippen molar-refractivity contribution in [2.24, 2.45) is 5.92 Å². The zero-order valence-electron chi connectivity index (χ0n) is 12.2. The summed E-state index contributed by atoms with van der Waals surface area (Å²) >= 11 is 0. The highest BCUT2D eigenvalue weighted by Gasteiger charge is 2.41. The summed E-state index contributed by atoms with van der Waals surface area (Å²) < 4.78 is 5.47. The topological polar surface area (TPSA) is 29.5 Å². The average molecular weight is 273 g/mol. The molecule has 3 heteroatoms. The Bertz CT molecular complexity index is 489. The summed E-state index contributed by atoms with van der Waals surface area (Å²) in [7, 11) is 1.69. The second kappa shape index (κ2) is 5.47. The van der Waals surface area contributed by atoms with Gasteiger partial charge in [-0.1, -0.05) is 18.2 Å². The first kappa shape index (κ1) is 13.5. The van der Waals surface area contributed by atoms with Crippen molar-refractivity contribution >= 4 is 5.91 Å². The summed E-state index contributed by atoms with van der Waals surface area (Å²) in [5, 5.41) is 0. The predicted molar refractivity (Wildman–Crippen MR) is 79.0 cm³/mol. The first-order valence-corrected chi connectivity index (χ1v) is 7.65. The third kappa shape index (κ3) is 2.19. The van der Waals surface area contributed by atoms with Gasteiger partial charge in [0.25, 0.3) is 0 Å². The number of rotatable bonds is 3. The molecule has 0 aromatic carbocycles. The summed E-state index contributed by atoms with van der Waals surface area (Å²) in [5.74, 6) is 1.41. The van der Waals surface area contributed by atoms with Crippen molar-refractivity contribution in [1.82, 2.24) is 4.90 Å². The minimum atomic E-state index is 0.0873. The van der Waals surface area contributed by atoms with Crippen LogP contribution in [-0.4, -0.2) is 30.5 Å². The SMILES string of the molecule is C=C1C(OC)=C[C@H](C2=CCCCC2)[C@H]1N1CCCC1=O. The first-order valence-electron chi connectivity index (χ1n) is 7.65. The van der Waals surface area contributed by atoms with Crippen LogP contribution in [0.15, 0.2) is 35.6 Å². The van der Waals surface area contributed by atoms with Crippen molar-refractivity contribution in [2.45, 2.75) is 44.6 Å². The molecule has 2 atom stereocenters. The third-order valence-electron chi connectivity index (χ3n) is 4.76. The van der Waals surface area contributed by atoms with Gasteiger partial charge < -0.3 is 9.64 Å². The van der Waals surface area contributed by atoms with E-state index in [2.05, 4.69) is 18.7 Å². The lowest BCUT2D eigenvalue weighted by Crippen LogP contribution is -2.40. The van der Waals surface area contributed by atoms with Gasteiger partial charge in [-0.25, -0.2) is 0 Å². The molecule has 0 bridgehead atoms. The fourth-order valence-corrected chi connectivity index (χ4v) is 3.74. The van der Waals surface area contributed by atoms with Gasteiger partial charge in [0.1, 0.15) is 5.76 Å². The van der Waals surface area contributed by atoms with E-state index in [-0.39, 0.29) is 17.9 Å². The molecular formula is C17H23NO2. The normalized spacial score (nSPS) is 30.6. The summed E-state index contributed by atoms with van der Waals surface area (Å²) in [6.07, 6.45) is 11.0. The van der Waals surface area contributed by atoms with Crippen LogP contribution in [0.1, 0.15) is 38.5 Å². The number of nitrogens with zero attached hydrogens (tertiary/aromatic N) is 1. The first-order chi connectivity index (χ1) is 9.72. The van der Waals surface area contributed by atoms with E-state index < -0.39 is 0 Å². The number of likely N-dealkylation sites (tertiary alicyclic amines) is 1. The Morgan fingerprint density at radius 3 is 2.75 bits per heavy atom. The zero-order valence-corrected chi connectivity index (χ0v) is 12.2. The van der Waals surface area contributed by atoms with Gasteiger partial charge in [-0.05, 0) is 38.2 Å². The van der Waals surface area contributed by atoms with Crippen molar-refractivity contribution in [3.05, 3.63) is 35.6 Å². The van der Waals surface area contributed by atoms with Crippen LogP contribution in [0.3, 0.4) is 0 Å². The number of carbonyl (C=O) groups is 1. The van der Waals surface area contributed by atoms with E-state index in [1.54, 1.807) is 7.11 Å². The summed E-state index contributed by atoms with van der Waals surface area (Å²) in [6.45, 7) is 5.06. The highest BCUT2D eigenvalue weighted by molar-refractivity contribution is 5.79. The monoisotopic (exact) mass is 273 g/mol. The fourth-order valence-electron chi connectivity index (χ4n) is 3.74. The van der Waals surface area contributed by atoms with Crippen LogP contribution in [0.4, 0.5) is 0 Å². The molecular weight excluding hydrogens is 250 g/mol. The number of hydrogen-bond acceptors (Lipinski definition) is 2. The second-order valence-corrected chi connectivity index (χ2v) is 5.95. The molecule has 1 fully saturated rings. The van der Waals surface area contributed by atoms with Crippen LogP contribution in [0.2, 0.25) is 0 Å². The molecule has 1 amide bonds. The lowest BCUT2D eigenvalue weighted by Gasteiger charge is -2.32. The molecule has 20 heavy (non-hydrogen) atoms. The molecule has 1 aliphatic heterocycles. The minimum Gasteiger partial charge on any atom is -0.497 e. The highest BCUT2D eigenvalue weighted by Crippen LogP contribution is 2.41. The van der Waals surface area contributed by atoms with Gasteiger partial charge in [-0.3, -0.25) is 4.79 Å². The standard InChI is InChI=1S/C17H23NO2/c1-12-15(20-2)11-14(13-7-4-3-5-8-13)17(12)18-10-6-9-16(18)19/h7,11,14,17H,1,3-6,8-10H2,2H3/t14-,17+/m1/s1. The molecule has 108 valence electrons. The number of ether oxygens (including phenoxy) is 1. The van der Waals surface area contributed by atoms with Crippen LogP contribution >= 0.6 is 0 Å². The Balaban J connectivity index is 1.91. The molecule has 0 saturated carbocycles. The smallest absolute Gasteiger partial charge is 0.223 e. The van der Waals surface area contributed by atoms with Gasteiger partial charge in [0.2, 0.25) is 5.91 Å². The molecule has 1 saturated heterocycles. The van der Waals surface area contributed by atoms with Crippen LogP contribution in [-0.2, 0) is 9.53 Å². The van der Waals surface area contributed by atoms with Gasteiger partial charge in [0.15, 0.2) is 0 Å². The van der Waals surface area contributed by atoms with E-state index in [9.17, 15) is 4.79 Å². The van der Waals surface area contributed by atoms with Gasteiger partial charge >= 0.3 is 0 Å². The average Bonchev–Trinajstić information content (AvgIpc) is 3.03. The van der Waals surface area contributed by atoms with Crippen LogP contribution in [0.5, 0.6) is 0 Å². The Morgan fingerprint density at radius 1 is 1.30 bits per heavy atom. The molecule has 0 aromatic heterocycles. The van der Waals surface area contributed by atoms with E-state index in [0.29, 0.717) is 6.42 Å². The minimum absolute atomic E-state index is 0.0873. The van der Waals surface area contributed by atoms with E-state index in [1.807, 2.05) is 4.90 Å². The molecule has 0 spiro atoms. The Morgan fingerprint density at radius 2 is 2.15 bits per heavy atom. The van der Waals surface area contributed by atoms with Gasteiger partial charge in [0, 0.05) is 24.5 Å². The van der Waals surface area contributed by atoms with E-state index in [0.717, 1.165) is 37.1 Å². The number of hydrogen-bond donors (Lipinski definition) is 0. The molecule has 3 aliphatic rings. The number of amides is 1. The molecule has 3 nitrogen and oxygen atoms in total. The number of carbonyl (C=O) groups excluding carboxylic acids is 1. The maximum absolute atomic E-state index is 12.1. The van der Waals surface area contributed by atoms with Gasteiger partial charge in [0.05, 0.1) is 13.2 Å². The summed E-state index contributed by atoms with van der Waals surface area (Å²) in [5.41, 5.74) is 2.44. The van der Waals surface area contributed by atoms with Crippen LogP contribution in [0.25, 0.3) is 0 Å². The van der Waals surface area contributed by atoms with Crippen molar-refractivity contribution < 1.29 is 9.53 Å². The molecule has 0 radical (unpaired) electrons. The fraction of sp³-hybridized carbons (Fsp3) is 0.588. The van der Waals surface area contributed by atoms with Crippen molar-refractivity contribution in [1.29, 1.82) is 0 Å². The number of allylic oxidation sites excluding steroid dienone is 1. The van der Waals surface area contributed by atoms with Crippen LogP contribution < -0.4 is 0 Å². The molecule has 2 aliphatic carbocycles. The van der Waals surface area contributed by atoms with Crippen molar-refractivity contribution in [2.75, 3.05) is 13.7 Å². The van der Waals surface area contributed by atoms with Crippen molar-refractivity contribution in [3.8, 4) is 0 Å². The lowest BCUT2D eigenvalue weighted by molar-refractivity contribution is -0.129. The maximum atomic E-state index is 12.1. The molecule has 0 aromatic rings. The van der Waals surface area contributed by atoms with E-state index in [4.69, 9.17) is 4.74 Å². The Hall–Kier alpha value is -1.51. The number of methoxy groups -OCH3 is 1. The zero-order chi connectivity index (χ0) is 14.1. The summed E-state index contributed by atoms with van der Waals surface area (Å²) in [6, 6.07) is 0.0873. The predicted octanol–water partition coefficient (Wildman–Crippen LogP) is 3.19. The highest BCUT2D eigenvalue weighted by atomic mass is 16.5. The largest absolute Gasteiger partial charge is 0.497 e. The van der Waals surface area contributed by atoms with Gasteiger partial charge in [-0.15, -0.1) is 0 Å². The van der Waals surface area contributed by atoms with Gasteiger partial charge in [-0.2, -0.15) is 0 Å². The third-order valence-corrected chi connectivity index (χ3v) is 4.76. The molecule has 1 heterocycles. The molecule has 0 N–H and O–H groups in total. The van der Waals surface area contributed by atoms with Crippen LogP contribution in [0, 0.1) is 5.92 Å². The lowest BCUT2D eigenvalue weighted by atomic mass is 9.85. The van der Waals surface area contributed by atoms with Crippen molar-refractivity contribution in [3.63, 3.8) is 0 Å². The second-order valence-electron chi connectivity index (χ2n) is 5.95. The quantitative estimate of drug-likeness (QED) is 0.739. The van der Waals surface area contributed by atoms with E-state index in [1.165, 1.54) is 18.4 Å². The maximum Gasteiger partial charge on any atom is 0.223 e.